The number of ether oxygens (including phenoxy) is 1. The second-order valence-electron chi connectivity index (χ2n) is 2.45. The molecule has 0 unspecified atom stereocenters. The average Bonchev–Trinajstić information content (AvgIpc) is 1.96. The number of nitrogens with zero attached hydrogens (tertiary/aromatic N) is 2. The van der Waals surface area contributed by atoms with E-state index in [2.05, 4.69) is 9.97 Å². The number of hydrogen-bond acceptors (Lipinski definition) is 3. The molecule has 0 spiro atoms. The van der Waals surface area contributed by atoms with Crippen molar-refractivity contribution in [3.63, 3.8) is 0 Å². The second-order valence-corrected chi connectivity index (χ2v) is 2.81. The van der Waals surface area contributed by atoms with Crippen LogP contribution in [0.4, 0.5) is 0 Å². The molecule has 0 saturated heterocycles. The van der Waals surface area contributed by atoms with E-state index in [4.69, 9.17) is 21.8 Å². The fraction of sp³-hybridized carbons (Fsp3) is 0.500. The van der Waals surface area contributed by atoms with Crippen molar-refractivity contribution < 1.29 is 10.2 Å². The van der Waals surface area contributed by atoms with E-state index in [9.17, 15) is 0 Å². The van der Waals surface area contributed by atoms with Crippen molar-refractivity contribution in [1.29, 1.82) is 0 Å². The Morgan fingerprint density at radius 3 is 3.00 bits per heavy atom. The Morgan fingerprint density at radius 2 is 2.50 bits per heavy atom. The first-order chi connectivity index (χ1) is 7.21. The second kappa shape index (κ2) is 3.72. The van der Waals surface area contributed by atoms with Gasteiger partial charge >= 0.3 is 6.01 Å². The summed E-state index contributed by atoms with van der Waals surface area (Å²) in [5, 5.41) is -0.268. The third-order valence-corrected chi connectivity index (χ3v) is 1.28. The molecule has 66 valence electrons. The molecule has 0 bridgehead atoms. The van der Waals surface area contributed by atoms with Gasteiger partial charge < -0.3 is 4.74 Å². The van der Waals surface area contributed by atoms with Crippen LogP contribution in [-0.4, -0.2) is 16.1 Å². The van der Waals surface area contributed by atoms with Crippen LogP contribution in [0.15, 0.2) is 6.17 Å². The van der Waals surface area contributed by atoms with Crippen molar-refractivity contribution >= 4 is 11.6 Å². The minimum atomic E-state index is -2.50. The van der Waals surface area contributed by atoms with E-state index in [1.165, 1.54) is 0 Å². The Kier molecular flexibility index (Phi) is 1.55. The van der Waals surface area contributed by atoms with Crippen LogP contribution in [0.5, 0.6) is 6.01 Å². The maximum absolute atomic E-state index is 7.48. The highest BCUT2D eigenvalue weighted by molar-refractivity contribution is 6.30. The predicted octanol–water partition coefficient (Wildman–Crippen LogP) is 2.23. The van der Waals surface area contributed by atoms with Crippen molar-refractivity contribution in [2.75, 3.05) is 0 Å². The zero-order valence-electron chi connectivity index (χ0n) is 10.8. The maximum Gasteiger partial charge on any atom is 0.318 e. The van der Waals surface area contributed by atoms with Crippen LogP contribution in [0.2, 0.25) is 5.15 Å². The van der Waals surface area contributed by atoms with E-state index in [0.717, 1.165) is 0 Å². The van der Waals surface area contributed by atoms with Crippen molar-refractivity contribution in [3.05, 3.63) is 16.9 Å². The summed E-state index contributed by atoms with van der Waals surface area (Å²) in [6.07, 6.45) is -0.607. The molecule has 0 saturated carbocycles. The lowest BCUT2D eigenvalue weighted by Crippen LogP contribution is -2.08. The standard InChI is InChI=1S/C8H11ClN2O/c1-5(2)12-8-10-4-6(3)7(9)11-8/h4-5H,1-3H3/i3D3,4D. The summed E-state index contributed by atoms with van der Waals surface area (Å²) in [5.41, 5.74) is -0.356. The van der Waals surface area contributed by atoms with E-state index in [-0.39, 0.29) is 22.8 Å². The van der Waals surface area contributed by atoms with Crippen molar-refractivity contribution in [2.45, 2.75) is 26.8 Å². The normalized spacial score (nSPS) is 16.3. The molecule has 1 aromatic rings. The van der Waals surface area contributed by atoms with Crippen LogP contribution in [-0.2, 0) is 0 Å². The summed E-state index contributed by atoms with van der Waals surface area (Å²) in [5.74, 6) is 0. The highest BCUT2D eigenvalue weighted by atomic mass is 35.5. The maximum atomic E-state index is 7.48. The Labute approximate surface area is 82.4 Å². The van der Waals surface area contributed by atoms with Crippen LogP contribution >= 0.6 is 11.6 Å². The molecule has 1 aromatic heterocycles. The van der Waals surface area contributed by atoms with Crippen LogP contribution in [0.1, 0.15) is 24.9 Å². The zero-order valence-corrected chi connectivity index (χ0v) is 7.51. The molecule has 0 aliphatic heterocycles. The van der Waals surface area contributed by atoms with E-state index < -0.39 is 13.0 Å². The first-order valence-corrected chi connectivity index (χ1v) is 3.81. The first kappa shape index (κ1) is 5.02. The average molecular weight is 191 g/mol. The van der Waals surface area contributed by atoms with Crippen LogP contribution in [0.3, 0.4) is 0 Å². The zero-order chi connectivity index (χ0) is 12.5. The third kappa shape index (κ3) is 2.34. The highest BCUT2D eigenvalue weighted by Gasteiger charge is 2.03. The van der Waals surface area contributed by atoms with Crippen LogP contribution < -0.4 is 4.74 Å². The number of aromatic nitrogens is 2. The van der Waals surface area contributed by atoms with Crippen molar-refractivity contribution in [2.24, 2.45) is 0 Å². The van der Waals surface area contributed by atoms with E-state index in [1.807, 2.05) is 0 Å². The summed E-state index contributed by atoms with van der Waals surface area (Å²) in [4.78, 5) is 7.32. The van der Waals surface area contributed by atoms with Crippen molar-refractivity contribution in [1.82, 2.24) is 9.97 Å². The van der Waals surface area contributed by atoms with Gasteiger partial charge in [-0.25, -0.2) is 4.98 Å². The Bertz CT molecular complexity index is 371. The first-order valence-electron chi connectivity index (χ1n) is 5.43. The van der Waals surface area contributed by atoms with Gasteiger partial charge in [0.1, 0.15) is 5.15 Å². The molecule has 0 amide bonds. The molecule has 4 heteroatoms. The van der Waals surface area contributed by atoms with Gasteiger partial charge in [0.25, 0.3) is 0 Å². The van der Waals surface area contributed by atoms with E-state index in [1.54, 1.807) is 13.8 Å². The minimum absolute atomic E-state index is 0.0852. The summed E-state index contributed by atoms with van der Waals surface area (Å²) < 4.78 is 34.1. The lowest BCUT2D eigenvalue weighted by atomic mass is 10.4. The molecule has 0 radical (unpaired) electrons. The number of hydrogen-bond donors (Lipinski definition) is 0. The van der Waals surface area contributed by atoms with Gasteiger partial charge in [0.15, 0.2) is 0 Å². The van der Waals surface area contributed by atoms with Crippen LogP contribution in [0.25, 0.3) is 0 Å². The number of rotatable bonds is 2. The molecular formula is C8H11ClN2O. The molecule has 0 N–H and O–H groups in total. The van der Waals surface area contributed by atoms with Gasteiger partial charge in [-0.15, -0.1) is 0 Å². The quantitative estimate of drug-likeness (QED) is 0.671. The topological polar surface area (TPSA) is 35.0 Å². The summed E-state index contributed by atoms with van der Waals surface area (Å²) in [6.45, 7) is 1.03. The summed E-state index contributed by atoms with van der Waals surface area (Å²) in [6, 6.07) is -0.0852. The van der Waals surface area contributed by atoms with E-state index in [0.29, 0.717) is 0 Å². The van der Waals surface area contributed by atoms with Crippen LogP contribution in [0, 0.1) is 6.85 Å². The smallest absolute Gasteiger partial charge is 0.318 e. The predicted molar refractivity (Wildman–Crippen MR) is 47.5 cm³/mol. The molecule has 1 heterocycles. The lowest BCUT2D eigenvalue weighted by Gasteiger charge is -2.07. The van der Waals surface area contributed by atoms with E-state index >= 15 is 0 Å². The summed E-state index contributed by atoms with van der Waals surface area (Å²) >= 11 is 5.69. The van der Waals surface area contributed by atoms with Gasteiger partial charge in [0.05, 0.1) is 7.47 Å². The van der Waals surface area contributed by atoms with Crippen molar-refractivity contribution in [3.8, 4) is 6.01 Å². The number of halogens is 1. The van der Waals surface area contributed by atoms with Gasteiger partial charge in [0.2, 0.25) is 0 Å². The Hall–Kier alpha value is -0.830. The van der Waals surface area contributed by atoms with Gasteiger partial charge in [-0.2, -0.15) is 4.98 Å². The third-order valence-electron chi connectivity index (χ3n) is 1.00. The largest absolute Gasteiger partial charge is 0.461 e. The lowest BCUT2D eigenvalue weighted by molar-refractivity contribution is 0.222. The van der Waals surface area contributed by atoms with Gasteiger partial charge in [-0.3, -0.25) is 0 Å². The molecule has 3 nitrogen and oxygen atoms in total. The monoisotopic (exact) mass is 190 g/mol. The molecule has 0 fully saturated rings. The molecule has 12 heavy (non-hydrogen) atoms. The fourth-order valence-corrected chi connectivity index (χ4v) is 0.693. The molecular weight excluding hydrogens is 176 g/mol. The van der Waals surface area contributed by atoms with Gasteiger partial charge in [-0.1, -0.05) is 11.6 Å². The molecule has 0 aliphatic carbocycles. The fourth-order valence-electron chi connectivity index (χ4n) is 0.578. The molecule has 0 atom stereocenters. The molecule has 0 aromatic carbocycles. The summed E-state index contributed by atoms with van der Waals surface area (Å²) in [7, 11) is 0. The van der Waals surface area contributed by atoms with Gasteiger partial charge in [-0.05, 0) is 20.7 Å². The Morgan fingerprint density at radius 1 is 1.75 bits per heavy atom. The van der Waals surface area contributed by atoms with Gasteiger partial charge in [0, 0.05) is 15.8 Å². The molecule has 0 aliphatic rings. The SMILES string of the molecule is [2H]c1nc(OC(C)C)nc(Cl)c1C([2H])([2H])[2H]. The Balaban J connectivity index is 3.18. The highest BCUT2D eigenvalue weighted by Crippen LogP contribution is 2.14. The molecule has 1 rings (SSSR count). The minimum Gasteiger partial charge on any atom is -0.461 e.